The van der Waals surface area contributed by atoms with E-state index in [4.69, 9.17) is 0 Å². The molecule has 1 saturated heterocycles. The number of benzene rings is 1. The van der Waals surface area contributed by atoms with Crippen LogP contribution in [-0.2, 0) is 0 Å². The molecule has 3 heteroatoms. The predicted molar refractivity (Wildman–Crippen MR) is 89.5 cm³/mol. The molecule has 1 aliphatic rings. The van der Waals surface area contributed by atoms with Gasteiger partial charge in [0.05, 0.1) is 0 Å². The lowest BCUT2D eigenvalue weighted by Crippen LogP contribution is -2.45. The highest BCUT2D eigenvalue weighted by Crippen LogP contribution is 2.28. The number of thioether (sulfide) groups is 1. The van der Waals surface area contributed by atoms with Crippen LogP contribution in [0, 0.1) is 0 Å². The number of piperazine rings is 1. The van der Waals surface area contributed by atoms with Crippen molar-refractivity contribution < 1.29 is 0 Å². The number of hydrogen-bond donors (Lipinski definition) is 1. The standard InChI is InChI=1S/C17H28N2S/c1-3-4-5-6-17(19-13-11-18-12-14-19)15-7-9-16(20-2)10-8-15/h7-10,17-18H,3-6,11-14H2,1-2H3/t17-/m1/s1. The van der Waals surface area contributed by atoms with Crippen molar-refractivity contribution in [1.82, 2.24) is 10.2 Å². The molecule has 0 unspecified atom stereocenters. The Kier molecular flexibility index (Phi) is 6.91. The molecule has 0 saturated carbocycles. The van der Waals surface area contributed by atoms with E-state index in [9.17, 15) is 0 Å². The molecule has 0 amide bonds. The number of rotatable bonds is 7. The average Bonchev–Trinajstić information content (AvgIpc) is 2.53. The zero-order chi connectivity index (χ0) is 14.2. The summed E-state index contributed by atoms with van der Waals surface area (Å²) in [7, 11) is 0. The van der Waals surface area contributed by atoms with Gasteiger partial charge in [-0.15, -0.1) is 11.8 Å². The second-order valence-electron chi connectivity index (χ2n) is 5.57. The minimum Gasteiger partial charge on any atom is -0.314 e. The molecule has 0 bridgehead atoms. The molecule has 20 heavy (non-hydrogen) atoms. The molecule has 1 atom stereocenters. The van der Waals surface area contributed by atoms with Crippen LogP contribution >= 0.6 is 11.8 Å². The van der Waals surface area contributed by atoms with Gasteiger partial charge in [0.15, 0.2) is 0 Å². The summed E-state index contributed by atoms with van der Waals surface area (Å²) < 4.78 is 0. The Morgan fingerprint density at radius 2 is 1.85 bits per heavy atom. The summed E-state index contributed by atoms with van der Waals surface area (Å²) >= 11 is 1.82. The van der Waals surface area contributed by atoms with Gasteiger partial charge in [0, 0.05) is 37.1 Å². The van der Waals surface area contributed by atoms with E-state index in [-0.39, 0.29) is 0 Å². The highest BCUT2D eigenvalue weighted by Gasteiger charge is 2.21. The zero-order valence-electron chi connectivity index (χ0n) is 12.9. The maximum Gasteiger partial charge on any atom is 0.0349 e. The third kappa shape index (κ3) is 4.51. The molecule has 1 heterocycles. The first-order valence-corrected chi connectivity index (χ1v) is 9.16. The Labute approximate surface area is 128 Å². The first-order valence-electron chi connectivity index (χ1n) is 7.94. The van der Waals surface area contributed by atoms with Crippen LogP contribution in [0.3, 0.4) is 0 Å². The molecule has 2 rings (SSSR count). The number of nitrogens with zero attached hydrogens (tertiary/aromatic N) is 1. The molecule has 1 aromatic carbocycles. The Morgan fingerprint density at radius 3 is 2.45 bits per heavy atom. The summed E-state index contributed by atoms with van der Waals surface area (Å²) in [6, 6.07) is 9.83. The quantitative estimate of drug-likeness (QED) is 0.605. The van der Waals surface area contributed by atoms with E-state index < -0.39 is 0 Å². The third-order valence-corrected chi connectivity index (χ3v) is 4.92. The van der Waals surface area contributed by atoms with Crippen molar-refractivity contribution in [3.8, 4) is 0 Å². The van der Waals surface area contributed by atoms with Gasteiger partial charge in [0.1, 0.15) is 0 Å². The van der Waals surface area contributed by atoms with Gasteiger partial charge in [0.2, 0.25) is 0 Å². The topological polar surface area (TPSA) is 15.3 Å². The van der Waals surface area contributed by atoms with Gasteiger partial charge in [-0.1, -0.05) is 38.3 Å². The average molecular weight is 292 g/mol. The lowest BCUT2D eigenvalue weighted by Gasteiger charge is -2.35. The van der Waals surface area contributed by atoms with E-state index in [0.29, 0.717) is 6.04 Å². The molecule has 1 aromatic rings. The predicted octanol–water partition coefficient (Wildman–Crippen LogP) is 3.94. The minimum atomic E-state index is 0.611. The first-order chi connectivity index (χ1) is 9.85. The molecular weight excluding hydrogens is 264 g/mol. The maximum atomic E-state index is 3.46. The third-order valence-electron chi connectivity index (χ3n) is 4.17. The highest BCUT2D eigenvalue weighted by molar-refractivity contribution is 7.98. The number of unbranched alkanes of at least 4 members (excludes halogenated alkanes) is 2. The number of hydrogen-bond acceptors (Lipinski definition) is 3. The SMILES string of the molecule is CCCCC[C@H](c1ccc(SC)cc1)N1CCNCC1. The fraction of sp³-hybridized carbons (Fsp3) is 0.647. The highest BCUT2D eigenvalue weighted by atomic mass is 32.2. The van der Waals surface area contributed by atoms with Crippen molar-refractivity contribution in [3.63, 3.8) is 0 Å². The van der Waals surface area contributed by atoms with Gasteiger partial charge >= 0.3 is 0 Å². The summed E-state index contributed by atoms with van der Waals surface area (Å²) in [6.45, 7) is 6.91. The maximum absolute atomic E-state index is 3.46. The van der Waals surface area contributed by atoms with Crippen LogP contribution in [0.5, 0.6) is 0 Å². The zero-order valence-corrected chi connectivity index (χ0v) is 13.7. The van der Waals surface area contributed by atoms with Crippen molar-refractivity contribution in [2.75, 3.05) is 32.4 Å². The lowest BCUT2D eigenvalue weighted by atomic mass is 9.98. The van der Waals surface area contributed by atoms with Crippen LogP contribution in [0.2, 0.25) is 0 Å². The molecule has 1 N–H and O–H groups in total. The van der Waals surface area contributed by atoms with Crippen molar-refractivity contribution in [2.45, 2.75) is 43.5 Å². The van der Waals surface area contributed by atoms with E-state index >= 15 is 0 Å². The number of nitrogens with one attached hydrogen (secondary N) is 1. The molecule has 0 aliphatic carbocycles. The Balaban J connectivity index is 2.06. The second kappa shape index (κ2) is 8.71. The van der Waals surface area contributed by atoms with Crippen LogP contribution in [-0.4, -0.2) is 37.3 Å². The Morgan fingerprint density at radius 1 is 1.15 bits per heavy atom. The summed E-state index contributed by atoms with van der Waals surface area (Å²) in [5.74, 6) is 0. The van der Waals surface area contributed by atoms with Crippen molar-refractivity contribution in [1.29, 1.82) is 0 Å². The molecule has 1 fully saturated rings. The second-order valence-corrected chi connectivity index (χ2v) is 6.45. The first kappa shape index (κ1) is 15.9. The van der Waals surface area contributed by atoms with Crippen LogP contribution < -0.4 is 5.32 Å². The van der Waals surface area contributed by atoms with Gasteiger partial charge in [-0.2, -0.15) is 0 Å². The van der Waals surface area contributed by atoms with E-state index in [0.717, 1.165) is 13.1 Å². The van der Waals surface area contributed by atoms with Crippen molar-refractivity contribution >= 4 is 11.8 Å². The van der Waals surface area contributed by atoms with Gasteiger partial charge in [-0.25, -0.2) is 0 Å². The lowest BCUT2D eigenvalue weighted by molar-refractivity contribution is 0.162. The molecule has 0 aromatic heterocycles. The van der Waals surface area contributed by atoms with Crippen molar-refractivity contribution in [2.24, 2.45) is 0 Å². The van der Waals surface area contributed by atoms with Gasteiger partial charge in [0.25, 0.3) is 0 Å². The van der Waals surface area contributed by atoms with Crippen LogP contribution in [0.15, 0.2) is 29.2 Å². The van der Waals surface area contributed by atoms with Gasteiger partial charge in [-0.3, -0.25) is 4.90 Å². The van der Waals surface area contributed by atoms with Crippen LogP contribution in [0.25, 0.3) is 0 Å². The molecule has 0 spiro atoms. The van der Waals surface area contributed by atoms with E-state index in [2.05, 4.69) is 47.7 Å². The van der Waals surface area contributed by atoms with Crippen LogP contribution in [0.4, 0.5) is 0 Å². The monoisotopic (exact) mass is 292 g/mol. The van der Waals surface area contributed by atoms with Gasteiger partial charge < -0.3 is 5.32 Å². The van der Waals surface area contributed by atoms with Crippen molar-refractivity contribution in [3.05, 3.63) is 29.8 Å². The normalized spacial score (nSPS) is 18.1. The van der Waals surface area contributed by atoms with Crippen LogP contribution in [0.1, 0.15) is 44.2 Å². The fourth-order valence-corrected chi connectivity index (χ4v) is 3.38. The summed E-state index contributed by atoms with van der Waals surface area (Å²) in [5.41, 5.74) is 1.50. The summed E-state index contributed by atoms with van der Waals surface area (Å²) in [5, 5.41) is 3.46. The Hall–Kier alpha value is -0.510. The van der Waals surface area contributed by atoms with Gasteiger partial charge in [-0.05, 0) is 30.4 Å². The molecule has 1 aliphatic heterocycles. The van der Waals surface area contributed by atoms with E-state index in [1.165, 1.54) is 49.2 Å². The summed E-state index contributed by atoms with van der Waals surface area (Å²) in [6.07, 6.45) is 7.44. The van der Waals surface area contributed by atoms with E-state index in [1.807, 2.05) is 11.8 Å². The smallest absolute Gasteiger partial charge is 0.0349 e. The fourth-order valence-electron chi connectivity index (χ4n) is 2.97. The Bertz CT molecular complexity index is 371. The molecular formula is C17H28N2S. The molecule has 112 valence electrons. The largest absolute Gasteiger partial charge is 0.314 e. The molecule has 0 radical (unpaired) electrons. The molecule has 2 nitrogen and oxygen atoms in total. The summed E-state index contributed by atoms with van der Waals surface area (Å²) in [4.78, 5) is 4.03. The minimum absolute atomic E-state index is 0.611. The van der Waals surface area contributed by atoms with E-state index in [1.54, 1.807) is 0 Å².